The van der Waals surface area contributed by atoms with Gasteiger partial charge in [0.25, 0.3) is 0 Å². The molecular formula is C20H19FN2O. The van der Waals surface area contributed by atoms with Gasteiger partial charge in [0.2, 0.25) is 0 Å². The maximum absolute atomic E-state index is 14.9. The predicted molar refractivity (Wildman–Crippen MR) is 90.1 cm³/mol. The molecule has 0 amide bonds. The van der Waals surface area contributed by atoms with Crippen LogP contribution in [0, 0.1) is 17.1 Å². The van der Waals surface area contributed by atoms with Gasteiger partial charge < -0.3 is 10.1 Å². The number of hydrogen-bond donors (Lipinski definition) is 1. The molecule has 24 heavy (non-hydrogen) atoms. The van der Waals surface area contributed by atoms with Gasteiger partial charge in [-0.1, -0.05) is 24.3 Å². The van der Waals surface area contributed by atoms with Crippen molar-refractivity contribution in [2.45, 2.75) is 43.9 Å². The van der Waals surface area contributed by atoms with Crippen LogP contribution < -0.4 is 10.1 Å². The summed E-state index contributed by atoms with van der Waals surface area (Å²) in [5.41, 5.74) is 1.83. The second kappa shape index (κ2) is 6.26. The van der Waals surface area contributed by atoms with Crippen molar-refractivity contribution in [3.8, 4) is 22.9 Å². The summed E-state index contributed by atoms with van der Waals surface area (Å²) in [6, 6.07) is 15.3. The molecule has 0 spiro atoms. The van der Waals surface area contributed by atoms with Crippen LogP contribution in [0.1, 0.15) is 31.2 Å². The van der Waals surface area contributed by atoms with Gasteiger partial charge in [-0.2, -0.15) is 5.26 Å². The Morgan fingerprint density at radius 3 is 2.42 bits per heavy atom. The fourth-order valence-corrected chi connectivity index (χ4v) is 3.83. The van der Waals surface area contributed by atoms with Crippen LogP contribution in [-0.4, -0.2) is 18.2 Å². The summed E-state index contributed by atoms with van der Waals surface area (Å²) < 4.78 is 20.9. The Morgan fingerprint density at radius 2 is 1.75 bits per heavy atom. The highest BCUT2D eigenvalue weighted by Gasteiger charge is 2.34. The molecule has 0 aromatic heterocycles. The number of ether oxygens (including phenoxy) is 1. The van der Waals surface area contributed by atoms with E-state index < -0.39 is 0 Å². The summed E-state index contributed by atoms with van der Waals surface area (Å²) >= 11 is 0. The van der Waals surface area contributed by atoms with E-state index in [4.69, 9.17) is 10.00 Å². The van der Waals surface area contributed by atoms with Crippen molar-refractivity contribution in [2.75, 3.05) is 0 Å². The topological polar surface area (TPSA) is 45.0 Å². The third kappa shape index (κ3) is 2.88. The van der Waals surface area contributed by atoms with Crippen LogP contribution in [0.2, 0.25) is 0 Å². The zero-order chi connectivity index (χ0) is 16.5. The Kier molecular flexibility index (Phi) is 3.95. The maximum Gasteiger partial charge on any atom is 0.172 e. The van der Waals surface area contributed by atoms with Crippen LogP contribution >= 0.6 is 0 Å². The Bertz CT molecular complexity index is 769. The van der Waals surface area contributed by atoms with E-state index >= 15 is 0 Å². The molecule has 4 rings (SSSR count). The van der Waals surface area contributed by atoms with Gasteiger partial charge in [0.15, 0.2) is 11.6 Å². The molecule has 122 valence electrons. The zero-order valence-corrected chi connectivity index (χ0v) is 13.3. The smallest absolute Gasteiger partial charge is 0.172 e. The molecule has 2 bridgehead atoms. The number of nitrogens with one attached hydrogen (secondary N) is 1. The first kappa shape index (κ1) is 15.2. The third-order valence-corrected chi connectivity index (χ3v) is 5.01. The minimum absolute atomic E-state index is 0.0782. The molecule has 4 heteroatoms. The summed E-state index contributed by atoms with van der Waals surface area (Å²) in [5, 5.41) is 12.4. The van der Waals surface area contributed by atoms with Crippen molar-refractivity contribution in [3.05, 3.63) is 53.8 Å². The molecule has 2 heterocycles. The van der Waals surface area contributed by atoms with Crippen LogP contribution in [0.15, 0.2) is 42.5 Å². The molecule has 0 unspecified atom stereocenters. The molecule has 3 nitrogen and oxygen atoms in total. The van der Waals surface area contributed by atoms with Gasteiger partial charge in [-0.05, 0) is 49.4 Å². The number of fused-ring (bicyclic) bond motifs is 2. The van der Waals surface area contributed by atoms with E-state index in [1.165, 1.54) is 12.8 Å². The molecule has 2 aromatic rings. The van der Waals surface area contributed by atoms with E-state index in [-0.39, 0.29) is 11.9 Å². The molecule has 2 saturated heterocycles. The van der Waals surface area contributed by atoms with Crippen LogP contribution in [-0.2, 0) is 0 Å². The highest BCUT2D eigenvalue weighted by Crippen LogP contribution is 2.33. The molecule has 2 aromatic carbocycles. The van der Waals surface area contributed by atoms with E-state index in [2.05, 4.69) is 11.4 Å². The number of piperidine rings is 1. The van der Waals surface area contributed by atoms with Gasteiger partial charge in [0, 0.05) is 17.6 Å². The minimum atomic E-state index is -0.326. The quantitative estimate of drug-likeness (QED) is 0.928. The molecule has 0 radical (unpaired) electrons. The van der Waals surface area contributed by atoms with Gasteiger partial charge in [0.05, 0.1) is 11.6 Å². The lowest BCUT2D eigenvalue weighted by Crippen LogP contribution is -2.42. The van der Waals surface area contributed by atoms with Crippen molar-refractivity contribution in [1.29, 1.82) is 5.26 Å². The second-order valence-corrected chi connectivity index (χ2v) is 6.66. The highest BCUT2D eigenvalue weighted by atomic mass is 19.1. The van der Waals surface area contributed by atoms with Crippen molar-refractivity contribution in [2.24, 2.45) is 0 Å². The van der Waals surface area contributed by atoms with Crippen LogP contribution in [0.3, 0.4) is 0 Å². The van der Waals surface area contributed by atoms with Crippen molar-refractivity contribution in [1.82, 2.24) is 5.32 Å². The zero-order valence-electron chi connectivity index (χ0n) is 13.3. The fourth-order valence-electron chi connectivity index (χ4n) is 3.83. The number of rotatable bonds is 3. The summed E-state index contributed by atoms with van der Waals surface area (Å²) in [5.74, 6) is -0.00348. The number of nitriles is 1. The monoisotopic (exact) mass is 322 g/mol. The molecule has 2 aliphatic rings. The lowest BCUT2D eigenvalue weighted by molar-refractivity contribution is 0.132. The standard InChI is InChI=1S/C20H19FN2O/c21-20-18(14-6-4-13(12-22)5-7-14)2-1-3-19(20)24-17-10-15-8-9-16(11-17)23-15/h1-7,15-17,23H,8-11H2/t15-,16-/m1/s1. The first-order chi connectivity index (χ1) is 11.7. The predicted octanol–water partition coefficient (Wildman–Crippen LogP) is 4.03. The molecule has 1 N–H and O–H groups in total. The minimum Gasteiger partial charge on any atom is -0.487 e. The van der Waals surface area contributed by atoms with Gasteiger partial charge >= 0.3 is 0 Å². The fraction of sp³-hybridized carbons (Fsp3) is 0.350. The number of benzene rings is 2. The first-order valence-electron chi connectivity index (χ1n) is 8.44. The van der Waals surface area contributed by atoms with Crippen LogP contribution in [0.25, 0.3) is 11.1 Å². The summed E-state index contributed by atoms with van der Waals surface area (Å²) in [6.45, 7) is 0. The Morgan fingerprint density at radius 1 is 1.04 bits per heavy atom. The first-order valence-corrected chi connectivity index (χ1v) is 8.44. The Balaban J connectivity index is 1.57. The summed E-state index contributed by atoms with van der Waals surface area (Å²) in [7, 11) is 0. The average molecular weight is 322 g/mol. The van der Waals surface area contributed by atoms with E-state index in [9.17, 15) is 4.39 Å². The van der Waals surface area contributed by atoms with Crippen molar-refractivity contribution in [3.63, 3.8) is 0 Å². The van der Waals surface area contributed by atoms with Crippen molar-refractivity contribution >= 4 is 0 Å². The third-order valence-electron chi connectivity index (χ3n) is 5.01. The van der Waals surface area contributed by atoms with E-state index in [0.717, 1.165) is 18.4 Å². The van der Waals surface area contributed by atoms with E-state index in [0.29, 0.717) is 29.0 Å². The van der Waals surface area contributed by atoms with Gasteiger partial charge in [-0.3, -0.25) is 0 Å². The van der Waals surface area contributed by atoms with E-state index in [1.807, 2.05) is 6.07 Å². The molecule has 0 saturated carbocycles. The molecule has 0 aliphatic carbocycles. The number of nitrogens with zero attached hydrogens (tertiary/aromatic N) is 1. The summed E-state index contributed by atoms with van der Waals surface area (Å²) in [6.07, 6.45) is 4.35. The molecular weight excluding hydrogens is 303 g/mol. The van der Waals surface area contributed by atoms with Crippen molar-refractivity contribution < 1.29 is 9.13 Å². The van der Waals surface area contributed by atoms with Gasteiger partial charge in [-0.15, -0.1) is 0 Å². The van der Waals surface area contributed by atoms with E-state index in [1.54, 1.807) is 36.4 Å². The Labute approximate surface area is 141 Å². The SMILES string of the molecule is N#Cc1ccc(-c2cccc(OC3C[C@H]4CC[C@H](C3)N4)c2F)cc1. The highest BCUT2D eigenvalue weighted by molar-refractivity contribution is 5.66. The lowest BCUT2D eigenvalue weighted by atomic mass is 10.0. The Hall–Kier alpha value is -2.38. The molecule has 2 fully saturated rings. The average Bonchev–Trinajstić information content (AvgIpc) is 2.95. The summed E-state index contributed by atoms with van der Waals surface area (Å²) in [4.78, 5) is 0. The number of hydrogen-bond acceptors (Lipinski definition) is 3. The van der Waals surface area contributed by atoms with Crippen LogP contribution in [0.5, 0.6) is 5.75 Å². The molecule has 2 atom stereocenters. The second-order valence-electron chi connectivity index (χ2n) is 6.66. The van der Waals surface area contributed by atoms with Crippen LogP contribution in [0.4, 0.5) is 4.39 Å². The normalized spacial score (nSPS) is 25.2. The maximum atomic E-state index is 14.9. The van der Waals surface area contributed by atoms with Gasteiger partial charge in [-0.25, -0.2) is 4.39 Å². The van der Waals surface area contributed by atoms with Gasteiger partial charge in [0.1, 0.15) is 6.10 Å². The lowest BCUT2D eigenvalue weighted by Gasteiger charge is -2.29. The number of halogens is 1. The largest absolute Gasteiger partial charge is 0.487 e. The molecule has 2 aliphatic heterocycles.